The van der Waals surface area contributed by atoms with E-state index < -0.39 is 5.82 Å². The van der Waals surface area contributed by atoms with Crippen LogP contribution in [-0.4, -0.2) is 15.0 Å². The van der Waals surface area contributed by atoms with Crippen LogP contribution in [0.5, 0.6) is 6.01 Å². The zero-order chi connectivity index (χ0) is 16.9. The molecule has 0 saturated heterocycles. The molecule has 7 heteroatoms. The lowest BCUT2D eigenvalue weighted by molar-refractivity contribution is 0.281. The van der Waals surface area contributed by atoms with Gasteiger partial charge in [0.25, 0.3) is 0 Å². The maximum Gasteiger partial charge on any atom is 0.319 e. The fourth-order valence-corrected chi connectivity index (χ4v) is 2.11. The molecule has 0 aliphatic rings. The largest absolute Gasteiger partial charge is 0.458 e. The lowest BCUT2D eigenvalue weighted by atomic mass is 10.1. The summed E-state index contributed by atoms with van der Waals surface area (Å²) >= 11 is 0. The van der Waals surface area contributed by atoms with E-state index in [9.17, 15) is 9.65 Å². The van der Waals surface area contributed by atoms with E-state index in [-0.39, 0.29) is 35.3 Å². The van der Waals surface area contributed by atoms with Crippen LogP contribution in [-0.2, 0) is 6.61 Å². The van der Waals surface area contributed by atoms with Crippen molar-refractivity contribution in [1.29, 1.82) is 5.26 Å². The Hall–Kier alpha value is -3.53. The average molecular weight is 321 g/mol. The predicted molar refractivity (Wildman–Crippen MR) is 85.1 cm³/mol. The second-order valence-electron chi connectivity index (χ2n) is 4.86. The van der Waals surface area contributed by atoms with E-state index in [1.54, 1.807) is 30.6 Å². The Labute approximate surface area is 137 Å². The Balaban J connectivity index is 1.98. The number of hydrogen-bond acceptors (Lipinski definition) is 6. The number of halogens is 1. The number of nitriles is 1. The van der Waals surface area contributed by atoms with E-state index in [1.165, 1.54) is 12.1 Å². The number of aromatic nitrogens is 3. The first kappa shape index (κ1) is 15.4. The third-order valence-electron chi connectivity index (χ3n) is 3.25. The van der Waals surface area contributed by atoms with E-state index in [4.69, 9.17) is 10.5 Å². The smallest absolute Gasteiger partial charge is 0.319 e. The molecule has 3 rings (SSSR count). The van der Waals surface area contributed by atoms with Gasteiger partial charge in [0.05, 0.1) is 0 Å². The van der Waals surface area contributed by atoms with Crippen LogP contribution >= 0.6 is 0 Å². The number of rotatable bonds is 4. The Morgan fingerprint density at radius 2 is 2.00 bits per heavy atom. The molecule has 6 nitrogen and oxygen atoms in total. The molecule has 0 aliphatic carbocycles. The van der Waals surface area contributed by atoms with Gasteiger partial charge in [-0.25, -0.2) is 4.39 Å². The quantitative estimate of drug-likeness (QED) is 0.793. The molecule has 0 unspecified atom stereocenters. The van der Waals surface area contributed by atoms with Crippen molar-refractivity contribution in [1.82, 2.24) is 15.0 Å². The normalized spacial score (nSPS) is 10.2. The molecule has 2 heterocycles. The summed E-state index contributed by atoms with van der Waals surface area (Å²) in [5.74, 6) is -0.572. The summed E-state index contributed by atoms with van der Waals surface area (Å²) in [5, 5.41) is 9.27. The van der Waals surface area contributed by atoms with E-state index in [0.29, 0.717) is 0 Å². The number of nitrogens with two attached hydrogens (primary N) is 1. The Morgan fingerprint density at radius 3 is 2.71 bits per heavy atom. The van der Waals surface area contributed by atoms with E-state index in [0.717, 1.165) is 5.56 Å². The number of pyridine rings is 1. The molecule has 0 saturated carbocycles. The van der Waals surface area contributed by atoms with Crippen molar-refractivity contribution in [3.05, 3.63) is 65.7 Å². The fourth-order valence-electron chi connectivity index (χ4n) is 2.11. The van der Waals surface area contributed by atoms with Crippen molar-refractivity contribution in [2.45, 2.75) is 6.61 Å². The first-order chi connectivity index (χ1) is 11.7. The van der Waals surface area contributed by atoms with Crippen molar-refractivity contribution in [3.63, 3.8) is 0 Å². The second-order valence-corrected chi connectivity index (χ2v) is 4.86. The van der Waals surface area contributed by atoms with Gasteiger partial charge in [-0.15, -0.1) is 0 Å². The Kier molecular flexibility index (Phi) is 4.29. The molecular formula is C17H12FN5O. The molecule has 0 radical (unpaired) electrons. The molecule has 0 amide bonds. The van der Waals surface area contributed by atoms with Gasteiger partial charge in [0.15, 0.2) is 0 Å². The molecule has 24 heavy (non-hydrogen) atoms. The lowest BCUT2D eigenvalue weighted by Gasteiger charge is -2.10. The monoisotopic (exact) mass is 321 g/mol. The number of hydrogen-bond donors (Lipinski definition) is 1. The zero-order valence-corrected chi connectivity index (χ0v) is 12.5. The van der Waals surface area contributed by atoms with Crippen molar-refractivity contribution in [3.8, 4) is 23.3 Å². The van der Waals surface area contributed by atoms with Crippen LogP contribution in [0.2, 0.25) is 0 Å². The van der Waals surface area contributed by atoms with E-state index in [2.05, 4.69) is 15.0 Å². The number of anilines is 1. The Morgan fingerprint density at radius 1 is 1.17 bits per heavy atom. The second kappa shape index (κ2) is 6.71. The summed E-state index contributed by atoms with van der Waals surface area (Å²) in [7, 11) is 0. The number of nitrogen functional groups attached to an aromatic ring is 1. The topological polar surface area (TPSA) is 97.7 Å². The van der Waals surface area contributed by atoms with Crippen LogP contribution in [0.25, 0.3) is 11.3 Å². The molecule has 118 valence electrons. The average Bonchev–Trinajstić information content (AvgIpc) is 2.61. The molecule has 0 spiro atoms. The Bertz CT molecular complexity index is 909. The zero-order valence-electron chi connectivity index (χ0n) is 12.5. The van der Waals surface area contributed by atoms with Gasteiger partial charge in [-0.3, -0.25) is 4.98 Å². The molecule has 0 bridgehead atoms. The minimum atomic E-state index is -0.509. The van der Waals surface area contributed by atoms with Crippen LogP contribution in [0.1, 0.15) is 11.1 Å². The van der Waals surface area contributed by atoms with Crippen LogP contribution in [0.4, 0.5) is 10.2 Å². The lowest BCUT2D eigenvalue weighted by Crippen LogP contribution is -2.06. The summed E-state index contributed by atoms with van der Waals surface area (Å²) in [6.45, 7) is 0.176. The van der Waals surface area contributed by atoms with Gasteiger partial charge in [0.2, 0.25) is 0 Å². The number of ether oxygens (including phenoxy) is 1. The SMILES string of the molecule is N#Cc1c(N)nc(OCc2cccnc2)nc1-c1ccccc1F. The molecule has 0 aliphatic heterocycles. The summed E-state index contributed by atoms with van der Waals surface area (Å²) in [4.78, 5) is 12.1. The highest BCUT2D eigenvalue weighted by atomic mass is 19.1. The van der Waals surface area contributed by atoms with E-state index >= 15 is 0 Å². The van der Waals surface area contributed by atoms with Gasteiger partial charge < -0.3 is 10.5 Å². The minimum absolute atomic E-state index is 0.00817. The molecule has 2 aromatic heterocycles. The fraction of sp³-hybridized carbons (Fsp3) is 0.0588. The van der Waals surface area contributed by atoms with Gasteiger partial charge in [-0.05, 0) is 18.2 Å². The van der Waals surface area contributed by atoms with Crippen LogP contribution in [0.3, 0.4) is 0 Å². The highest BCUT2D eigenvalue weighted by Crippen LogP contribution is 2.28. The van der Waals surface area contributed by atoms with Gasteiger partial charge in [-0.1, -0.05) is 18.2 Å². The summed E-state index contributed by atoms with van der Waals surface area (Å²) < 4.78 is 19.5. The van der Waals surface area contributed by atoms with Crippen LogP contribution in [0, 0.1) is 17.1 Å². The first-order valence-electron chi connectivity index (χ1n) is 7.03. The van der Waals surface area contributed by atoms with Crippen molar-refractivity contribution < 1.29 is 9.13 Å². The first-order valence-corrected chi connectivity index (χ1v) is 7.03. The van der Waals surface area contributed by atoms with Crippen LogP contribution < -0.4 is 10.5 Å². The van der Waals surface area contributed by atoms with Crippen LogP contribution in [0.15, 0.2) is 48.8 Å². The van der Waals surface area contributed by atoms with Crippen molar-refractivity contribution in [2.75, 3.05) is 5.73 Å². The highest BCUT2D eigenvalue weighted by molar-refractivity contribution is 5.72. The highest BCUT2D eigenvalue weighted by Gasteiger charge is 2.17. The van der Waals surface area contributed by atoms with E-state index in [1.807, 2.05) is 12.1 Å². The van der Waals surface area contributed by atoms with Crippen molar-refractivity contribution in [2.24, 2.45) is 0 Å². The third-order valence-corrected chi connectivity index (χ3v) is 3.25. The van der Waals surface area contributed by atoms with Crippen molar-refractivity contribution >= 4 is 5.82 Å². The minimum Gasteiger partial charge on any atom is -0.458 e. The number of nitrogens with zero attached hydrogens (tertiary/aromatic N) is 4. The molecular weight excluding hydrogens is 309 g/mol. The predicted octanol–water partition coefficient (Wildman–Crippen LogP) is 2.71. The molecule has 1 aromatic carbocycles. The standard InChI is InChI=1S/C17H12FN5O/c18-14-6-2-1-5-12(14)15-13(8-19)16(20)23-17(22-15)24-10-11-4-3-7-21-9-11/h1-7,9H,10H2,(H2,20,22,23). The van der Waals surface area contributed by atoms with Gasteiger partial charge >= 0.3 is 6.01 Å². The summed E-state index contributed by atoms with van der Waals surface area (Å²) in [5.41, 5.74) is 6.89. The summed E-state index contributed by atoms with van der Waals surface area (Å²) in [6.07, 6.45) is 3.29. The van der Waals surface area contributed by atoms with Gasteiger partial charge in [0.1, 0.15) is 35.6 Å². The third kappa shape index (κ3) is 3.13. The summed E-state index contributed by atoms with van der Waals surface area (Å²) in [6, 6.07) is 11.5. The molecule has 0 fully saturated rings. The molecule has 0 atom stereocenters. The molecule has 3 aromatic rings. The number of benzene rings is 1. The maximum atomic E-state index is 14.0. The van der Waals surface area contributed by atoms with Gasteiger partial charge in [-0.2, -0.15) is 15.2 Å². The van der Waals surface area contributed by atoms with Gasteiger partial charge in [0, 0.05) is 23.5 Å². The maximum absolute atomic E-state index is 14.0. The molecule has 2 N–H and O–H groups in total.